The highest BCUT2D eigenvalue weighted by atomic mass is 16.5. The Hall–Kier alpha value is -1.88. The largest absolute Gasteiger partial charge is 0.478 e. The molecule has 2 unspecified atom stereocenters. The van der Waals surface area contributed by atoms with E-state index < -0.39 is 5.97 Å². The molecular formula is C12H11NO4. The summed E-state index contributed by atoms with van der Waals surface area (Å²) in [6, 6.07) is 6.50. The predicted octanol–water partition coefficient (Wildman–Crippen LogP) is 0.889. The van der Waals surface area contributed by atoms with Crippen LogP contribution in [-0.4, -0.2) is 35.7 Å². The fraction of sp³-hybridized carbons (Fsp3) is 0.333. The van der Waals surface area contributed by atoms with E-state index in [9.17, 15) is 9.59 Å². The molecule has 17 heavy (non-hydrogen) atoms. The van der Waals surface area contributed by atoms with Gasteiger partial charge in [-0.3, -0.25) is 4.79 Å². The molecule has 0 radical (unpaired) electrons. The lowest BCUT2D eigenvalue weighted by atomic mass is 10.1. The van der Waals surface area contributed by atoms with Crippen LogP contribution in [0.15, 0.2) is 24.3 Å². The van der Waals surface area contributed by atoms with Crippen LogP contribution in [0.2, 0.25) is 0 Å². The molecule has 3 rings (SSSR count). The Morgan fingerprint density at radius 1 is 1.47 bits per heavy atom. The molecule has 1 N–H and O–H groups in total. The van der Waals surface area contributed by atoms with Crippen molar-refractivity contribution in [3.8, 4) is 0 Å². The van der Waals surface area contributed by atoms with Gasteiger partial charge in [0.05, 0.1) is 18.2 Å². The quantitative estimate of drug-likeness (QED) is 0.823. The van der Waals surface area contributed by atoms with E-state index in [4.69, 9.17) is 9.84 Å². The van der Waals surface area contributed by atoms with Crippen LogP contribution < -0.4 is 4.90 Å². The average Bonchev–Trinajstić information content (AvgIpc) is 2.89. The van der Waals surface area contributed by atoms with Crippen LogP contribution in [0.4, 0.5) is 5.69 Å². The van der Waals surface area contributed by atoms with E-state index in [1.807, 2.05) is 0 Å². The first-order valence-corrected chi connectivity index (χ1v) is 5.45. The molecule has 88 valence electrons. The third kappa shape index (κ3) is 1.51. The molecule has 2 atom stereocenters. The van der Waals surface area contributed by atoms with Crippen LogP contribution in [0, 0.1) is 0 Å². The van der Waals surface area contributed by atoms with Gasteiger partial charge in [-0.05, 0) is 18.2 Å². The number of hydrogen-bond donors (Lipinski definition) is 1. The van der Waals surface area contributed by atoms with E-state index in [0.29, 0.717) is 18.7 Å². The number of ether oxygens (including phenoxy) is 1. The molecule has 0 saturated carbocycles. The maximum absolute atomic E-state index is 11.9. The molecule has 2 aliphatic rings. The Balaban J connectivity index is 1.97. The van der Waals surface area contributed by atoms with E-state index >= 15 is 0 Å². The summed E-state index contributed by atoms with van der Waals surface area (Å²) in [7, 11) is 0. The van der Waals surface area contributed by atoms with Crippen molar-refractivity contribution in [2.45, 2.75) is 18.6 Å². The Kier molecular flexibility index (Phi) is 2.16. The SMILES string of the molecule is O=C(O)c1cccc(N2C(=O)C3CC2CO3)c1. The fourth-order valence-corrected chi connectivity index (χ4v) is 2.42. The number of carboxylic acid groups (broad SMARTS) is 1. The number of amides is 1. The minimum Gasteiger partial charge on any atom is -0.478 e. The molecule has 2 heterocycles. The monoisotopic (exact) mass is 233 g/mol. The van der Waals surface area contributed by atoms with Crippen LogP contribution in [0.3, 0.4) is 0 Å². The van der Waals surface area contributed by atoms with E-state index in [1.165, 1.54) is 12.1 Å². The van der Waals surface area contributed by atoms with Crippen molar-refractivity contribution in [2.24, 2.45) is 0 Å². The lowest BCUT2D eigenvalue weighted by molar-refractivity contribution is -0.128. The third-order valence-electron chi connectivity index (χ3n) is 3.23. The van der Waals surface area contributed by atoms with Gasteiger partial charge in [-0.2, -0.15) is 0 Å². The molecule has 1 aromatic carbocycles. The summed E-state index contributed by atoms with van der Waals surface area (Å²) in [5.41, 5.74) is 0.838. The van der Waals surface area contributed by atoms with Gasteiger partial charge in [0.25, 0.3) is 5.91 Å². The highest BCUT2D eigenvalue weighted by Gasteiger charge is 2.46. The van der Waals surface area contributed by atoms with Gasteiger partial charge in [0.2, 0.25) is 0 Å². The molecule has 2 aliphatic heterocycles. The normalized spacial score (nSPS) is 26.6. The molecule has 2 saturated heterocycles. The first-order valence-electron chi connectivity index (χ1n) is 5.45. The first kappa shape index (κ1) is 10.3. The van der Waals surface area contributed by atoms with Crippen molar-refractivity contribution in [3.05, 3.63) is 29.8 Å². The van der Waals surface area contributed by atoms with Crippen LogP contribution in [0.1, 0.15) is 16.8 Å². The smallest absolute Gasteiger partial charge is 0.335 e. The van der Waals surface area contributed by atoms with Gasteiger partial charge < -0.3 is 14.7 Å². The Morgan fingerprint density at radius 2 is 2.29 bits per heavy atom. The molecule has 5 heteroatoms. The number of nitrogens with zero attached hydrogens (tertiary/aromatic N) is 1. The molecule has 1 amide bonds. The minimum absolute atomic E-state index is 0.0524. The Bertz CT molecular complexity index is 499. The molecule has 0 spiro atoms. The molecule has 5 nitrogen and oxygen atoms in total. The van der Waals surface area contributed by atoms with Gasteiger partial charge in [-0.15, -0.1) is 0 Å². The minimum atomic E-state index is -0.986. The Labute approximate surface area is 97.6 Å². The second kappa shape index (κ2) is 3.56. The summed E-state index contributed by atoms with van der Waals surface area (Å²) in [5.74, 6) is -1.05. The number of morpholine rings is 1. The number of carboxylic acids is 1. The number of benzene rings is 1. The highest BCUT2D eigenvalue weighted by Crippen LogP contribution is 2.33. The van der Waals surface area contributed by atoms with Crippen LogP contribution in [-0.2, 0) is 9.53 Å². The second-order valence-electron chi connectivity index (χ2n) is 4.28. The maximum Gasteiger partial charge on any atom is 0.335 e. The third-order valence-corrected chi connectivity index (χ3v) is 3.23. The zero-order valence-corrected chi connectivity index (χ0v) is 9.00. The van der Waals surface area contributed by atoms with Gasteiger partial charge in [0, 0.05) is 12.1 Å². The maximum atomic E-state index is 11.9. The van der Waals surface area contributed by atoms with E-state index in [2.05, 4.69) is 0 Å². The van der Waals surface area contributed by atoms with Crippen molar-refractivity contribution in [3.63, 3.8) is 0 Å². The van der Waals surface area contributed by atoms with Gasteiger partial charge >= 0.3 is 5.97 Å². The van der Waals surface area contributed by atoms with Crippen molar-refractivity contribution in [1.82, 2.24) is 0 Å². The first-order chi connectivity index (χ1) is 8.16. The topological polar surface area (TPSA) is 66.8 Å². The second-order valence-corrected chi connectivity index (χ2v) is 4.28. The fourth-order valence-electron chi connectivity index (χ4n) is 2.42. The van der Waals surface area contributed by atoms with Gasteiger partial charge in [-0.1, -0.05) is 6.07 Å². The number of carbonyl (C=O) groups is 2. The molecule has 2 fully saturated rings. The summed E-state index contributed by atoms with van der Waals surface area (Å²) in [4.78, 5) is 24.4. The zero-order chi connectivity index (χ0) is 12.0. The van der Waals surface area contributed by atoms with E-state index in [0.717, 1.165) is 0 Å². The molecule has 2 bridgehead atoms. The Morgan fingerprint density at radius 3 is 2.94 bits per heavy atom. The number of carbonyl (C=O) groups excluding carboxylic acids is 1. The number of hydrogen-bond acceptors (Lipinski definition) is 3. The van der Waals surface area contributed by atoms with Crippen molar-refractivity contribution >= 4 is 17.6 Å². The van der Waals surface area contributed by atoms with E-state index in [1.54, 1.807) is 17.0 Å². The van der Waals surface area contributed by atoms with Crippen LogP contribution in [0.5, 0.6) is 0 Å². The molecule has 0 aromatic heterocycles. The lowest BCUT2D eigenvalue weighted by Crippen LogP contribution is -2.41. The zero-order valence-electron chi connectivity index (χ0n) is 9.00. The number of rotatable bonds is 2. The van der Waals surface area contributed by atoms with Crippen LogP contribution >= 0.6 is 0 Å². The summed E-state index contributed by atoms with van der Waals surface area (Å²) in [6.07, 6.45) is 0.365. The van der Waals surface area contributed by atoms with Gasteiger partial charge in [0.1, 0.15) is 6.10 Å². The van der Waals surface area contributed by atoms with Gasteiger partial charge in [0.15, 0.2) is 0 Å². The lowest BCUT2D eigenvalue weighted by Gasteiger charge is -2.27. The summed E-state index contributed by atoms with van der Waals surface area (Å²) < 4.78 is 5.29. The van der Waals surface area contributed by atoms with E-state index in [-0.39, 0.29) is 23.6 Å². The number of anilines is 1. The standard InChI is InChI=1S/C12H11NO4/c14-11-10-5-9(6-17-10)13(11)8-3-1-2-7(4-8)12(15)16/h1-4,9-10H,5-6H2,(H,15,16). The van der Waals surface area contributed by atoms with Crippen molar-refractivity contribution < 1.29 is 19.4 Å². The van der Waals surface area contributed by atoms with Crippen molar-refractivity contribution in [1.29, 1.82) is 0 Å². The van der Waals surface area contributed by atoms with Crippen molar-refractivity contribution in [2.75, 3.05) is 11.5 Å². The number of fused-ring (bicyclic) bond motifs is 2. The summed E-state index contributed by atoms with van der Waals surface area (Å²) in [5, 5.41) is 8.92. The summed E-state index contributed by atoms with van der Waals surface area (Å²) in [6.45, 7) is 0.535. The van der Waals surface area contributed by atoms with Crippen LogP contribution in [0.25, 0.3) is 0 Å². The van der Waals surface area contributed by atoms with Gasteiger partial charge in [-0.25, -0.2) is 4.79 Å². The predicted molar refractivity (Wildman–Crippen MR) is 59.0 cm³/mol. The summed E-state index contributed by atoms with van der Waals surface area (Å²) >= 11 is 0. The number of aromatic carboxylic acids is 1. The molecule has 0 aliphatic carbocycles. The molecule has 1 aromatic rings. The average molecular weight is 233 g/mol. The highest BCUT2D eigenvalue weighted by molar-refractivity contribution is 6.01. The molecular weight excluding hydrogens is 222 g/mol.